The molecule has 3 rings (SSSR count). The Labute approximate surface area is 97.9 Å². The summed E-state index contributed by atoms with van der Waals surface area (Å²) < 4.78 is 0. The number of carbonyl (C=O) groups excluding carboxylic acids is 1. The van der Waals surface area contributed by atoms with Gasteiger partial charge in [-0.25, -0.2) is 15.0 Å². The highest BCUT2D eigenvalue weighted by atomic mass is 16.1. The third kappa shape index (κ3) is 1.86. The molecule has 6 nitrogen and oxygen atoms in total. The van der Waals surface area contributed by atoms with Crippen molar-refractivity contribution >= 4 is 23.3 Å². The molecule has 0 radical (unpaired) electrons. The zero-order chi connectivity index (χ0) is 11.7. The van der Waals surface area contributed by atoms with E-state index in [0.29, 0.717) is 29.3 Å². The number of H-pyrrole nitrogens is 1. The van der Waals surface area contributed by atoms with E-state index in [2.05, 4.69) is 25.3 Å². The highest BCUT2D eigenvalue weighted by Crippen LogP contribution is 2.24. The van der Waals surface area contributed by atoms with Crippen molar-refractivity contribution in [3.8, 4) is 0 Å². The minimum atomic E-state index is 0.183. The van der Waals surface area contributed by atoms with Crippen LogP contribution in [0.15, 0.2) is 6.33 Å². The number of hydrogen-bond donors (Lipinski definition) is 2. The summed E-state index contributed by atoms with van der Waals surface area (Å²) in [5.41, 5.74) is 1.30. The Hall–Kier alpha value is -1.98. The normalized spacial score (nSPS) is 16.5. The fourth-order valence-electron chi connectivity index (χ4n) is 2.27. The Morgan fingerprint density at radius 1 is 1.35 bits per heavy atom. The number of hydrogen-bond acceptors (Lipinski definition) is 5. The lowest BCUT2D eigenvalue weighted by Crippen LogP contribution is -2.16. The molecule has 0 aliphatic heterocycles. The quantitative estimate of drug-likeness (QED) is 0.782. The van der Waals surface area contributed by atoms with E-state index in [1.54, 1.807) is 6.33 Å². The van der Waals surface area contributed by atoms with Crippen LogP contribution in [0.4, 0.5) is 5.82 Å². The maximum atomic E-state index is 10.8. The van der Waals surface area contributed by atoms with E-state index in [1.807, 2.05) is 0 Å². The number of aromatic nitrogens is 4. The number of anilines is 1. The number of imidazole rings is 1. The summed E-state index contributed by atoms with van der Waals surface area (Å²) in [7, 11) is 0. The summed E-state index contributed by atoms with van der Waals surface area (Å²) in [6.07, 6.45) is 6.99. The van der Waals surface area contributed by atoms with Gasteiger partial charge >= 0.3 is 0 Å². The predicted octanol–water partition coefficient (Wildman–Crippen LogP) is 1.52. The highest BCUT2D eigenvalue weighted by Gasteiger charge is 2.18. The zero-order valence-electron chi connectivity index (χ0n) is 9.31. The molecule has 0 aromatic carbocycles. The number of carbonyl (C=O) groups is 1. The molecule has 88 valence electrons. The lowest BCUT2D eigenvalue weighted by Gasteiger charge is -2.12. The average molecular weight is 231 g/mol. The SMILES string of the molecule is O=Cc1nc(NC2CCCC2)c2nc[nH]c2n1. The van der Waals surface area contributed by atoms with Gasteiger partial charge in [-0.2, -0.15) is 0 Å². The molecule has 2 heterocycles. The number of aldehydes is 1. The Balaban J connectivity index is 2.00. The molecule has 2 N–H and O–H groups in total. The van der Waals surface area contributed by atoms with Crippen molar-refractivity contribution < 1.29 is 4.79 Å². The largest absolute Gasteiger partial charge is 0.365 e. The molecule has 1 aliphatic rings. The minimum absolute atomic E-state index is 0.183. The topological polar surface area (TPSA) is 83.6 Å². The molecule has 0 amide bonds. The first-order chi connectivity index (χ1) is 8.36. The smallest absolute Gasteiger partial charge is 0.196 e. The molecule has 2 aromatic heterocycles. The molecular formula is C11H13N5O. The number of aromatic amines is 1. The second kappa shape index (κ2) is 4.12. The number of rotatable bonds is 3. The van der Waals surface area contributed by atoms with Gasteiger partial charge in [-0.05, 0) is 12.8 Å². The van der Waals surface area contributed by atoms with Crippen molar-refractivity contribution in [2.24, 2.45) is 0 Å². The summed E-state index contributed by atoms with van der Waals surface area (Å²) in [4.78, 5) is 26.1. The molecule has 0 spiro atoms. The minimum Gasteiger partial charge on any atom is -0.365 e. The lowest BCUT2D eigenvalue weighted by molar-refractivity contribution is 0.111. The Kier molecular flexibility index (Phi) is 2.47. The Bertz CT molecular complexity index is 544. The van der Waals surface area contributed by atoms with Crippen LogP contribution < -0.4 is 5.32 Å². The first kappa shape index (κ1) is 10.2. The molecule has 0 unspecified atom stereocenters. The van der Waals surface area contributed by atoms with Crippen LogP contribution in [0.2, 0.25) is 0 Å². The summed E-state index contributed by atoms with van der Waals surface area (Å²) >= 11 is 0. The highest BCUT2D eigenvalue weighted by molar-refractivity contribution is 5.85. The van der Waals surface area contributed by atoms with Crippen molar-refractivity contribution in [2.75, 3.05) is 5.32 Å². The van der Waals surface area contributed by atoms with Crippen LogP contribution in [0.1, 0.15) is 36.3 Å². The predicted molar refractivity (Wildman–Crippen MR) is 62.9 cm³/mol. The first-order valence-electron chi connectivity index (χ1n) is 5.79. The molecule has 1 fully saturated rings. The molecule has 2 aromatic rings. The van der Waals surface area contributed by atoms with Gasteiger partial charge in [0.1, 0.15) is 5.52 Å². The molecule has 1 aliphatic carbocycles. The lowest BCUT2D eigenvalue weighted by atomic mass is 10.2. The van der Waals surface area contributed by atoms with E-state index in [0.717, 1.165) is 12.8 Å². The van der Waals surface area contributed by atoms with E-state index in [-0.39, 0.29) is 5.82 Å². The van der Waals surface area contributed by atoms with Crippen LogP contribution in [-0.2, 0) is 0 Å². The summed E-state index contributed by atoms with van der Waals surface area (Å²) in [6.45, 7) is 0. The van der Waals surface area contributed by atoms with Gasteiger partial charge in [0.2, 0.25) is 0 Å². The summed E-state index contributed by atoms with van der Waals surface area (Å²) in [5, 5.41) is 3.35. The first-order valence-corrected chi connectivity index (χ1v) is 5.79. The average Bonchev–Trinajstić information content (AvgIpc) is 2.98. The van der Waals surface area contributed by atoms with Gasteiger partial charge in [-0.15, -0.1) is 0 Å². The zero-order valence-corrected chi connectivity index (χ0v) is 9.31. The second-order valence-corrected chi connectivity index (χ2v) is 4.27. The molecule has 0 atom stereocenters. The third-order valence-electron chi connectivity index (χ3n) is 3.10. The van der Waals surface area contributed by atoms with Gasteiger partial charge < -0.3 is 10.3 Å². The van der Waals surface area contributed by atoms with Crippen LogP contribution >= 0.6 is 0 Å². The number of nitrogens with zero attached hydrogens (tertiary/aromatic N) is 3. The van der Waals surface area contributed by atoms with Gasteiger partial charge in [0, 0.05) is 6.04 Å². The van der Waals surface area contributed by atoms with E-state index >= 15 is 0 Å². The van der Waals surface area contributed by atoms with Crippen LogP contribution in [-0.4, -0.2) is 32.3 Å². The molecule has 0 bridgehead atoms. The van der Waals surface area contributed by atoms with Crippen molar-refractivity contribution in [2.45, 2.75) is 31.7 Å². The van der Waals surface area contributed by atoms with Crippen LogP contribution in [0, 0.1) is 0 Å². The van der Waals surface area contributed by atoms with Crippen LogP contribution in [0.5, 0.6) is 0 Å². The van der Waals surface area contributed by atoms with E-state index in [9.17, 15) is 4.79 Å². The van der Waals surface area contributed by atoms with Crippen molar-refractivity contribution in [1.82, 2.24) is 19.9 Å². The monoisotopic (exact) mass is 231 g/mol. The Morgan fingerprint density at radius 2 is 2.18 bits per heavy atom. The van der Waals surface area contributed by atoms with Gasteiger partial charge in [0.25, 0.3) is 0 Å². The van der Waals surface area contributed by atoms with Crippen molar-refractivity contribution in [3.63, 3.8) is 0 Å². The van der Waals surface area contributed by atoms with E-state index in [1.165, 1.54) is 12.8 Å². The van der Waals surface area contributed by atoms with Gasteiger partial charge in [-0.1, -0.05) is 12.8 Å². The van der Waals surface area contributed by atoms with E-state index < -0.39 is 0 Å². The maximum absolute atomic E-state index is 10.8. The van der Waals surface area contributed by atoms with Gasteiger partial charge in [-0.3, -0.25) is 4.79 Å². The van der Waals surface area contributed by atoms with Gasteiger partial charge in [0.15, 0.2) is 23.6 Å². The number of fused-ring (bicyclic) bond motifs is 1. The molecule has 0 saturated heterocycles. The molecular weight excluding hydrogens is 218 g/mol. The van der Waals surface area contributed by atoms with Crippen molar-refractivity contribution in [3.05, 3.63) is 12.2 Å². The van der Waals surface area contributed by atoms with Crippen LogP contribution in [0.3, 0.4) is 0 Å². The molecule has 1 saturated carbocycles. The molecule has 17 heavy (non-hydrogen) atoms. The van der Waals surface area contributed by atoms with Gasteiger partial charge in [0.05, 0.1) is 6.33 Å². The summed E-state index contributed by atoms with van der Waals surface area (Å²) in [6, 6.07) is 0.435. The maximum Gasteiger partial charge on any atom is 0.196 e. The second-order valence-electron chi connectivity index (χ2n) is 4.27. The standard InChI is InChI=1S/C11H13N5O/c17-5-8-15-10-9(12-6-13-10)11(16-8)14-7-3-1-2-4-7/h5-7H,1-4H2,(H2,12,13,14,15,16). The number of nitrogens with one attached hydrogen (secondary N) is 2. The van der Waals surface area contributed by atoms with Crippen LogP contribution in [0.25, 0.3) is 11.2 Å². The fourth-order valence-corrected chi connectivity index (χ4v) is 2.27. The summed E-state index contributed by atoms with van der Waals surface area (Å²) in [5.74, 6) is 0.840. The van der Waals surface area contributed by atoms with Crippen molar-refractivity contribution in [1.29, 1.82) is 0 Å². The Morgan fingerprint density at radius 3 is 2.94 bits per heavy atom. The van der Waals surface area contributed by atoms with E-state index in [4.69, 9.17) is 0 Å². The molecule has 6 heteroatoms. The fraction of sp³-hybridized carbons (Fsp3) is 0.455. The third-order valence-corrected chi connectivity index (χ3v) is 3.10.